The van der Waals surface area contributed by atoms with E-state index in [4.69, 9.17) is 30.5 Å². The molecule has 0 spiro atoms. The molecule has 0 N–H and O–H groups in total. The highest BCUT2D eigenvalue weighted by atomic mass is 35.5. The van der Waals surface area contributed by atoms with Crippen molar-refractivity contribution in [1.29, 1.82) is 0 Å². The summed E-state index contributed by atoms with van der Waals surface area (Å²) >= 11 is 5.97. The van der Waals surface area contributed by atoms with E-state index in [1.54, 1.807) is 14.2 Å². The van der Waals surface area contributed by atoms with E-state index in [0.717, 1.165) is 16.7 Å². The molecule has 0 aliphatic carbocycles. The summed E-state index contributed by atoms with van der Waals surface area (Å²) < 4.78 is 22.0. The normalized spacial score (nSPS) is 16.2. The average Bonchev–Trinajstić information content (AvgIpc) is 2.56. The highest BCUT2D eigenvalue weighted by Crippen LogP contribution is 2.38. The summed E-state index contributed by atoms with van der Waals surface area (Å²) in [5, 5.41) is 0.701. The predicted molar refractivity (Wildman–Crippen MR) is 90.3 cm³/mol. The van der Waals surface area contributed by atoms with Gasteiger partial charge in [0.05, 0.1) is 26.4 Å². The summed E-state index contributed by atoms with van der Waals surface area (Å²) in [5.41, 5.74) is 2.93. The molecule has 2 aromatic carbocycles. The van der Waals surface area contributed by atoms with Crippen molar-refractivity contribution in [3.63, 3.8) is 0 Å². The maximum atomic E-state index is 5.97. The largest absolute Gasteiger partial charge is 0.496 e. The van der Waals surface area contributed by atoms with Crippen LogP contribution in [0.15, 0.2) is 36.4 Å². The van der Waals surface area contributed by atoms with Crippen LogP contribution in [0, 0.1) is 0 Å². The lowest BCUT2D eigenvalue weighted by atomic mass is 10.0. The van der Waals surface area contributed by atoms with Gasteiger partial charge in [0.2, 0.25) is 0 Å². The number of halogens is 1. The van der Waals surface area contributed by atoms with Crippen LogP contribution in [-0.2, 0) is 4.74 Å². The molecular weight excluding hydrogens is 316 g/mol. The summed E-state index contributed by atoms with van der Waals surface area (Å²) in [6.45, 7) is 0.602. The Bertz CT molecular complexity index is 723. The average molecular weight is 333 g/mol. The zero-order valence-corrected chi connectivity index (χ0v) is 13.7. The molecule has 0 amide bonds. The Kier molecular flexibility index (Phi) is 4.74. The lowest BCUT2D eigenvalue weighted by molar-refractivity contribution is 0.0322. The lowest BCUT2D eigenvalue weighted by Crippen LogP contribution is -2.10. The first kappa shape index (κ1) is 15.7. The fourth-order valence-electron chi connectivity index (χ4n) is 2.43. The summed E-state index contributed by atoms with van der Waals surface area (Å²) in [6, 6.07) is 11.3. The number of rotatable bonds is 3. The van der Waals surface area contributed by atoms with Crippen LogP contribution in [0.5, 0.6) is 17.2 Å². The zero-order valence-electron chi connectivity index (χ0n) is 13.0. The van der Waals surface area contributed by atoms with Gasteiger partial charge in [0.25, 0.3) is 0 Å². The van der Waals surface area contributed by atoms with E-state index in [1.807, 2.05) is 42.5 Å². The smallest absolute Gasteiger partial charge is 0.189 e. The molecule has 0 unspecified atom stereocenters. The monoisotopic (exact) mass is 332 g/mol. The van der Waals surface area contributed by atoms with Crippen LogP contribution >= 0.6 is 11.6 Å². The Morgan fingerprint density at radius 1 is 1.04 bits per heavy atom. The van der Waals surface area contributed by atoms with Crippen LogP contribution in [0.3, 0.4) is 0 Å². The molecule has 1 heterocycles. The molecule has 2 aromatic rings. The second kappa shape index (κ2) is 6.94. The third-order valence-electron chi connectivity index (χ3n) is 3.62. The molecule has 0 saturated heterocycles. The van der Waals surface area contributed by atoms with Crippen molar-refractivity contribution in [2.45, 2.75) is 0 Å². The van der Waals surface area contributed by atoms with Crippen molar-refractivity contribution < 1.29 is 18.9 Å². The molecule has 0 aromatic heterocycles. The van der Waals surface area contributed by atoms with E-state index in [-0.39, 0.29) is 6.79 Å². The Morgan fingerprint density at radius 3 is 2.52 bits per heavy atom. The van der Waals surface area contributed by atoms with Crippen LogP contribution in [0.25, 0.3) is 11.6 Å². The van der Waals surface area contributed by atoms with Gasteiger partial charge in [-0.05, 0) is 29.3 Å². The molecule has 1 aliphatic rings. The second-order valence-electron chi connectivity index (χ2n) is 5.03. The molecule has 0 atom stereocenters. The molecule has 0 bridgehead atoms. The molecule has 0 fully saturated rings. The first-order valence-electron chi connectivity index (χ1n) is 7.14. The maximum Gasteiger partial charge on any atom is 0.189 e. The standard InChI is InChI=1S/C18H17ClO4/c1-20-15-8-17(21-2)16-7-13(10-22-11-23-18(16)9-15)12-3-5-14(19)6-4-12/h3-9H,10-11H2,1-2H3/b13-7+. The topological polar surface area (TPSA) is 36.9 Å². The number of methoxy groups -OCH3 is 2. The minimum absolute atomic E-state index is 0.161. The number of benzene rings is 2. The van der Waals surface area contributed by atoms with Gasteiger partial charge >= 0.3 is 0 Å². The Balaban J connectivity index is 2.11. The van der Waals surface area contributed by atoms with Crippen molar-refractivity contribution in [1.82, 2.24) is 0 Å². The van der Waals surface area contributed by atoms with Crippen LogP contribution in [0.4, 0.5) is 0 Å². The van der Waals surface area contributed by atoms with Gasteiger partial charge in [-0.3, -0.25) is 0 Å². The Morgan fingerprint density at radius 2 is 1.83 bits per heavy atom. The van der Waals surface area contributed by atoms with Gasteiger partial charge in [-0.25, -0.2) is 0 Å². The minimum Gasteiger partial charge on any atom is -0.496 e. The highest BCUT2D eigenvalue weighted by Gasteiger charge is 2.16. The first-order chi connectivity index (χ1) is 11.2. The number of hydrogen-bond acceptors (Lipinski definition) is 4. The van der Waals surface area contributed by atoms with Crippen LogP contribution in [-0.4, -0.2) is 27.6 Å². The quantitative estimate of drug-likeness (QED) is 0.841. The number of hydrogen-bond donors (Lipinski definition) is 0. The summed E-state index contributed by atoms with van der Waals surface area (Å²) in [5.74, 6) is 2.02. The van der Waals surface area contributed by atoms with Crippen molar-refractivity contribution in [3.05, 3.63) is 52.5 Å². The molecule has 0 saturated carbocycles. The molecule has 3 rings (SSSR count). The van der Waals surface area contributed by atoms with Gasteiger partial charge in [0.1, 0.15) is 17.2 Å². The third-order valence-corrected chi connectivity index (χ3v) is 3.87. The predicted octanol–water partition coefficient (Wildman–Crippen LogP) is 4.26. The van der Waals surface area contributed by atoms with Gasteiger partial charge in [-0.15, -0.1) is 0 Å². The van der Waals surface area contributed by atoms with Crippen molar-refractivity contribution in [2.24, 2.45) is 0 Å². The van der Waals surface area contributed by atoms with Crippen molar-refractivity contribution in [3.8, 4) is 17.2 Å². The van der Waals surface area contributed by atoms with E-state index in [0.29, 0.717) is 28.9 Å². The van der Waals surface area contributed by atoms with Crippen LogP contribution in [0.2, 0.25) is 5.02 Å². The van der Waals surface area contributed by atoms with E-state index in [9.17, 15) is 0 Å². The van der Waals surface area contributed by atoms with E-state index in [2.05, 4.69) is 0 Å². The first-order valence-corrected chi connectivity index (χ1v) is 7.52. The molecule has 4 nitrogen and oxygen atoms in total. The van der Waals surface area contributed by atoms with E-state index in [1.165, 1.54) is 0 Å². The molecule has 1 aliphatic heterocycles. The number of fused-ring (bicyclic) bond motifs is 1. The van der Waals surface area contributed by atoms with Gasteiger partial charge in [-0.1, -0.05) is 23.7 Å². The van der Waals surface area contributed by atoms with Gasteiger partial charge in [0, 0.05) is 17.2 Å². The van der Waals surface area contributed by atoms with Crippen LogP contribution in [0.1, 0.15) is 11.1 Å². The Hall–Kier alpha value is -2.17. The molecule has 23 heavy (non-hydrogen) atoms. The highest BCUT2D eigenvalue weighted by molar-refractivity contribution is 6.30. The number of ether oxygens (including phenoxy) is 4. The fourth-order valence-corrected chi connectivity index (χ4v) is 2.55. The van der Waals surface area contributed by atoms with Gasteiger partial charge in [0.15, 0.2) is 6.79 Å². The maximum absolute atomic E-state index is 5.97. The summed E-state index contributed by atoms with van der Waals surface area (Å²) in [6.07, 6.45) is 2.01. The summed E-state index contributed by atoms with van der Waals surface area (Å²) in [7, 11) is 3.23. The van der Waals surface area contributed by atoms with Gasteiger partial charge < -0.3 is 18.9 Å². The van der Waals surface area contributed by atoms with Gasteiger partial charge in [-0.2, -0.15) is 0 Å². The molecule has 0 radical (unpaired) electrons. The molecular formula is C18H17ClO4. The second-order valence-corrected chi connectivity index (χ2v) is 5.47. The zero-order chi connectivity index (χ0) is 16.2. The van der Waals surface area contributed by atoms with E-state index < -0.39 is 0 Å². The lowest BCUT2D eigenvalue weighted by Gasteiger charge is -2.19. The van der Waals surface area contributed by atoms with Crippen molar-refractivity contribution >= 4 is 23.3 Å². The van der Waals surface area contributed by atoms with Crippen LogP contribution < -0.4 is 14.2 Å². The molecule has 5 heteroatoms. The SMILES string of the molecule is COc1cc(OC)c2c(c1)OCOC/C(c1ccc(Cl)cc1)=C\2. The minimum atomic E-state index is 0.161. The third kappa shape index (κ3) is 3.44. The fraction of sp³-hybridized carbons (Fsp3) is 0.222. The molecule has 120 valence electrons. The van der Waals surface area contributed by atoms with Crippen molar-refractivity contribution in [2.75, 3.05) is 27.6 Å². The Labute approximate surface area is 140 Å². The van der Waals surface area contributed by atoms with E-state index >= 15 is 0 Å². The summed E-state index contributed by atoms with van der Waals surface area (Å²) in [4.78, 5) is 0.